The van der Waals surface area contributed by atoms with E-state index >= 15 is 0 Å². The lowest BCUT2D eigenvalue weighted by Crippen LogP contribution is -1.96. The maximum absolute atomic E-state index is 10.8. The van der Waals surface area contributed by atoms with E-state index in [0.717, 1.165) is 16.7 Å². The first-order valence-electron chi connectivity index (χ1n) is 9.16. The van der Waals surface area contributed by atoms with Crippen LogP contribution in [0.25, 0.3) is 10.8 Å². The average molecular weight is 388 g/mol. The number of aromatic hydroxyl groups is 5. The SMILES string of the molecule is Oc1ccc(Cc2cc(Cc3ccc(O)cc3)c3cc(O)cc(O)c3c2O)cc1. The zero-order valence-corrected chi connectivity index (χ0v) is 15.5. The molecule has 0 aliphatic heterocycles. The van der Waals surface area contributed by atoms with Gasteiger partial charge >= 0.3 is 0 Å². The van der Waals surface area contributed by atoms with Crippen molar-refractivity contribution in [3.05, 3.63) is 89.0 Å². The number of hydrogen-bond acceptors (Lipinski definition) is 5. The molecule has 0 heterocycles. The van der Waals surface area contributed by atoms with Gasteiger partial charge in [0.25, 0.3) is 0 Å². The third-order valence-corrected chi connectivity index (χ3v) is 5.00. The van der Waals surface area contributed by atoms with Crippen LogP contribution in [0, 0.1) is 0 Å². The molecule has 0 aliphatic carbocycles. The predicted molar refractivity (Wildman–Crippen MR) is 111 cm³/mol. The molecule has 0 aromatic heterocycles. The van der Waals surface area contributed by atoms with E-state index in [2.05, 4.69) is 0 Å². The van der Waals surface area contributed by atoms with Gasteiger partial charge in [-0.1, -0.05) is 30.3 Å². The second-order valence-corrected chi connectivity index (χ2v) is 7.12. The van der Waals surface area contributed by atoms with Crippen molar-refractivity contribution in [1.82, 2.24) is 0 Å². The lowest BCUT2D eigenvalue weighted by atomic mass is 9.92. The van der Waals surface area contributed by atoms with Crippen LogP contribution in [-0.2, 0) is 12.8 Å². The molecule has 4 aromatic carbocycles. The lowest BCUT2D eigenvalue weighted by molar-refractivity contribution is 0.448. The zero-order chi connectivity index (χ0) is 20.5. The summed E-state index contributed by atoms with van der Waals surface area (Å²) in [5.74, 6) is 0.00919. The van der Waals surface area contributed by atoms with Gasteiger partial charge in [0.1, 0.15) is 28.7 Å². The largest absolute Gasteiger partial charge is 0.508 e. The van der Waals surface area contributed by atoms with E-state index in [1.807, 2.05) is 6.07 Å². The second-order valence-electron chi connectivity index (χ2n) is 7.12. The minimum absolute atomic E-state index is 0.0416. The molecular formula is C24H20O5. The highest BCUT2D eigenvalue weighted by molar-refractivity contribution is 5.98. The highest BCUT2D eigenvalue weighted by Gasteiger charge is 2.17. The van der Waals surface area contributed by atoms with Gasteiger partial charge in [-0.25, -0.2) is 0 Å². The molecule has 5 N–H and O–H groups in total. The molecule has 0 aliphatic rings. The number of hydrogen-bond donors (Lipinski definition) is 5. The van der Waals surface area contributed by atoms with Crippen molar-refractivity contribution < 1.29 is 25.5 Å². The fraction of sp³-hybridized carbons (Fsp3) is 0.0833. The summed E-state index contributed by atoms with van der Waals surface area (Å²) in [5.41, 5.74) is 3.28. The molecule has 0 atom stereocenters. The van der Waals surface area contributed by atoms with Gasteiger partial charge < -0.3 is 25.5 Å². The van der Waals surface area contributed by atoms with Crippen LogP contribution in [0.1, 0.15) is 22.3 Å². The molecule has 4 rings (SSSR count). The van der Waals surface area contributed by atoms with Crippen molar-refractivity contribution in [3.8, 4) is 28.7 Å². The van der Waals surface area contributed by atoms with Gasteiger partial charge in [-0.05, 0) is 64.4 Å². The van der Waals surface area contributed by atoms with Crippen LogP contribution >= 0.6 is 0 Å². The molecule has 0 saturated heterocycles. The molecule has 0 spiro atoms. The Labute approximate surface area is 167 Å². The number of benzene rings is 4. The molecule has 4 aromatic rings. The average Bonchev–Trinajstić information content (AvgIpc) is 2.68. The summed E-state index contributed by atoms with van der Waals surface area (Å²) >= 11 is 0. The van der Waals surface area contributed by atoms with E-state index in [0.29, 0.717) is 23.8 Å². The third-order valence-electron chi connectivity index (χ3n) is 5.00. The molecule has 0 bridgehead atoms. The highest BCUT2D eigenvalue weighted by Crippen LogP contribution is 2.41. The Balaban J connectivity index is 1.86. The van der Waals surface area contributed by atoms with Crippen LogP contribution in [0.5, 0.6) is 28.7 Å². The molecule has 5 heteroatoms. The molecule has 0 amide bonds. The summed E-state index contributed by atoms with van der Waals surface area (Å²) in [5, 5.41) is 51.0. The fourth-order valence-corrected chi connectivity index (χ4v) is 3.58. The van der Waals surface area contributed by atoms with Crippen molar-refractivity contribution in [2.75, 3.05) is 0 Å². The molecular weight excluding hydrogens is 368 g/mol. The molecule has 0 fully saturated rings. The number of rotatable bonds is 4. The summed E-state index contributed by atoms with van der Waals surface area (Å²) in [7, 11) is 0. The first kappa shape index (κ1) is 18.5. The van der Waals surface area contributed by atoms with Crippen LogP contribution < -0.4 is 0 Å². The first-order valence-corrected chi connectivity index (χ1v) is 9.16. The van der Waals surface area contributed by atoms with E-state index in [9.17, 15) is 25.5 Å². The fourth-order valence-electron chi connectivity index (χ4n) is 3.58. The standard InChI is InChI=1S/C24H20O5/c25-18-5-1-14(2-6-18)9-16-11-17(10-15-3-7-19(26)8-4-15)24(29)23-21(16)12-20(27)13-22(23)28/h1-8,11-13,25-29H,9-10H2. The summed E-state index contributed by atoms with van der Waals surface area (Å²) < 4.78 is 0. The zero-order valence-electron chi connectivity index (χ0n) is 15.5. The summed E-state index contributed by atoms with van der Waals surface area (Å²) in [4.78, 5) is 0. The number of fused-ring (bicyclic) bond motifs is 1. The molecule has 29 heavy (non-hydrogen) atoms. The highest BCUT2D eigenvalue weighted by atomic mass is 16.3. The van der Waals surface area contributed by atoms with Crippen molar-refractivity contribution in [2.45, 2.75) is 12.8 Å². The minimum Gasteiger partial charge on any atom is -0.508 e. The third kappa shape index (κ3) is 3.75. The first-order chi connectivity index (χ1) is 13.9. The summed E-state index contributed by atoms with van der Waals surface area (Å²) in [6, 6.07) is 18.1. The number of phenolic OH excluding ortho intramolecular Hbond substituents is 5. The number of phenols is 5. The monoisotopic (exact) mass is 388 g/mol. The quantitative estimate of drug-likeness (QED) is 0.353. The Morgan fingerprint density at radius 1 is 0.517 bits per heavy atom. The Bertz CT molecular complexity index is 1180. The van der Waals surface area contributed by atoms with E-state index in [1.165, 1.54) is 12.1 Å². The Kier molecular flexibility index (Phi) is 4.64. The van der Waals surface area contributed by atoms with Gasteiger partial charge in [0, 0.05) is 12.5 Å². The van der Waals surface area contributed by atoms with Gasteiger partial charge in [0.05, 0.1) is 5.39 Å². The summed E-state index contributed by atoms with van der Waals surface area (Å²) in [6.07, 6.45) is 0.896. The maximum atomic E-state index is 10.8. The van der Waals surface area contributed by atoms with E-state index in [-0.39, 0.29) is 34.1 Å². The van der Waals surface area contributed by atoms with Crippen LogP contribution in [0.3, 0.4) is 0 Å². The van der Waals surface area contributed by atoms with Crippen molar-refractivity contribution in [2.24, 2.45) is 0 Å². The molecule has 0 radical (unpaired) electrons. The maximum Gasteiger partial charge on any atom is 0.130 e. The molecule has 0 saturated carbocycles. The van der Waals surface area contributed by atoms with Gasteiger partial charge in [0.15, 0.2) is 0 Å². The van der Waals surface area contributed by atoms with Crippen molar-refractivity contribution in [1.29, 1.82) is 0 Å². The van der Waals surface area contributed by atoms with E-state index < -0.39 is 0 Å². The Morgan fingerprint density at radius 2 is 1.03 bits per heavy atom. The van der Waals surface area contributed by atoms with Crippen LogP contribution in [0.2, 0.25) is 0 Å². The lowest BCUT2D eigenvalue weighted by Gasteiger charge is -2.15. The Morgan fingerprint density at radius 3 is 1.59 bits per heavy atom. The van der Waals surface area contributed by atoms with Gasteiger partial charge in [0.2, 0.25) is 0 Å². The molecule has 5 nitrogen and oxygen atoms in total. The van der Waals surface area contributed by atoms with E-state index in [1.54, 1.807) is 48.5 Å². The minimum atomic E-state index is -0.197. The molecule has 0 unspecified atom stereocenters. The van der Waals surface area contributed by atoms with Crippen molar-refractivity contribution in [3.63, 3.8) is 0 Å². The van der Waals surface area contributed by atoms with Crippen molar-refractivity contribution >= 4 is 10.8 Å². The van der Waals surface area contributed by atoms with Crippen LogP contribution in [0.4, 0.5) is 0 Å². The van der Waals surface area contributed by atoms with Gasteiger partial charge in [-0.15, -0.1) is 0 Å². The predicted octanol–water partition coefficient (Wildman–Crippen LogP) is 4.55. The summed E-state index contributed by atoms with van der Waals surface area (Å²) in [6.45, 7) is 0. The van der Waals surface area contributed by atoms with Gasteiger partial charge in [-0.3, -0.25) is 0 Å². The van der Waals surface area contributed by atoms with E-state index in [4.69, 9.17) is 0 Å². The molecule has 146 valence electrons. The topological polar surface area (TPSA) is 101 Å². The Hall–Kier alpha value is -3.86. The van der Waals surface area contributed by atoms with Crippen LogP contribution in [-0.4, -0.2) is 25.5 Å². The van der Waals surface area contributed by atoms with Gasteiger partial charge in [-0.2, -0.15) is 0 Å². The normalized spacial score (nSPS) is 11.0. The second kappa shape index (κ2) is 7.28. The van der Waals surface area contributed by atoms with Crippen LogP contribution in [0.15, 0.2) is 66.7 Å². The smallest absolute Gasteiger partial charge is 0.130 e.